The quantitative estimate of drug-likeness (QED) is 0.661. The molecule has 0 bridgehead atoms. The summed E-state index contributed by atoms with van der Waals surface area (Å²) in [6.45, 7) is 3.92. The summed E-state index contributed by atoms with van der Waals surface area (Å²) < 4.78 is 6.95. The largest absolute Gasteiger partial charge is 0.463 e. The minimum absolute atomic E-state index is 0.304. The van der Waals surface area contributed by atoms with Gasteiger partial charge in [-0.3, -0.25) is 0 Å². The molecule has 8 heteroatoms. The summed E-state index contributed by atoms with van der Waals surface area (Å²) in [5.74, 6) is 0.217. The standard InChI is InChI=1S/C16H17ClN4O2S/c1-4-23-14(22)12-9(2)18-15-19-16(24-3)20-21(15)13(12)10-6-5-7-11(17)8-10/h5-8,13H,4H2,1-3H3,(H,18,19,20). The molecule has 2 heterocycles. The fourth-order valence-electron chi connectivity index (χ4n) is 2.68. The molecule has 1 atom stereocenters. The highest BCUT2D eigenvalue weighted by Crippen LogP contribution is 2.37. The van der Waals surface area contributed by atoms with E-state index in [1.54, 1.807) is 17.7 Å². The van der Waals surface area contributed by atoms with Crippen LogP contribution in [0.3, 0.4) is 0 Å². The maximum absolute atomic E-state index is 12.5. The summed E-state index contributed by atoms with van der Waals surface area (Å²) in [6, 6.07) is 6.95. The van der Waals surface area contributed by atoms with E-state index >= 15 is 0 Å². The van der Waals surface area contributed by atoms with E-state index in [4.69, 9.17) is 16.3 Å². The van der Waals surface area contributed by atoms with Crippen molar-refractivity contribution >= 4 is 35.3 Å². The smallest absolute Gasteiger partial charge is 0.338 e. The van der Waals surface area contributed by atoms with Crippen molar-refractivity contribution in [3.05, 3.63) is 46.1 Å². The Morgan fingerprint density at radius 3 is 2.96 bits per heavy atom. The Morgan fingerprint density at radius 2 is 2.29 bits per heavy atom. The van der Waals surface area contributed by atoms with E-state index in [0.29, 0.717) is 34.0 Å². The number of esters is 1. The third-order valence-corrected chi connectivity index (χ3v) is 4.45. The van der Waals surface area contributed by atoms with Crippen LogP contribution in [0.2, 0.25) is 5.02 Å². The summed E-state index contributed by atoms with van der Waals surface area (Å²) in [7, 11) is 0. The van der Waals surface area contributed by atoms with Crippen LogP contribution in [0.4, 0.5) is 5.95 Å². The molecule has 1 unspecified atom stereocenters. The maximum atomic E-state index is 12.5. The van der Waals surface area contributed by atoms with Gasteiger partial charge in [0.1, 0.15) is 6.04 Å². The third kappa shape index (κ3) is 3.01. The van der Waals surface area contributed by atoms with Crippen LogP contribution in [0.1, 0.15) is 25.5 Å². The van der Waals surface area contributed by atoms with E-state index in [1.807, 2.05) is 31.4 Å². The molecule has 1 N–H and O–H groups in total. The molecule has 0 amide bonds. The number of fused-ring (bicyclic) bond motifs is 1. The van der Waals surface area contributed by atoms with Gasteiger partial charge in [-0.05, 0) is 37.8 Å². The topological polar surface area (TPSA) is 69.0 Å². The van der Waals surface area contributed by atoms with E-state index in [2.05, 4.69) is 15.4 Å². The molecule has 24 heavy (non-hydrogen) atoms. The number of hydrogen-bond donors (Lipinski definition) is 1. The molecule has 0 saturated carbocycles. The highest BCUT2D eigenvalue weighted by Gasteiger charge is 2.35. The maximum Gasteiger partial charge on any atom is 0.338 e. The van der Waals surface area contributed by atoms with E-state index in [9.17, 15) is 4.79 Å². The normalized spacial score (nSPS) is 16.6. The first-order chi connectivity index (χ1) is 11.5. The van der Waals surface area contributed by atoms with Gasteiger partial charge in [0.15, 0.2) is 0 Å². The lowest BCUT2D eigenvalue weighted by molar-refractivity contribution is -0.139. The SMILES string of the molecule is CCOC(=O)C1=C(C)Nc2nc(SC)nn2C1c1cccc(Cl)c1. The molecule has 1 aliphatic rings. The second kappa shape index (κ2) is 6.86. The molecular formula is C16H17ClN4O2S. The van der Waals surface area contributed by atoms with Crippen molar-refractivity contribution in [3.8, 4) is 0 Å². The van der Waals surface area contributed by atoms with Gasteiger partial charge in [0, 0.05) is 10.7 Å². The second-order valence-electron chi connectivity index (χ2n) is 5.21. The van der Waals surface area contributed by atoms with Crippen LogP contribution in [0.15, 0.2) is 40.7 Å². The highest BCUT2D eigenvalue weighted by molar-refractivity contribution is 7.98. The van der Waals surface area contributed by atoms with Gasteiger partial charge in [-0.2, -0.15) is 4.98 Å². The Balaban J connectivity index is 2.17. The number of ether oxygens (including phenoxy) is 1. The van der Waals surface area contributed by atoms with E-state index in [1.165, 1.54) is 11.8 Å². The lowest BCUT2D eigenvalue weighted by atomic mass is 9.96. The van der Waals surface area contributed by atoms with Crippen LogP contribution in [0.5, 0.6) is 0 Å². The molecule has 0 spiro atoms. The molecule has 0 saturated heterocycles. The van der Waals surface area contributed by atoms with Gasteiger partial charge in [0.05, 0.1) is 12.2 Å². The molecule has 126 valence electrons. The first-order valence-electron chi connectivity index (χ1n) is 7.46. The Morgan fingerprint density at radius 1 is 1.50 bits per heavy atom. The number of carbonyl (C=O) groups excluding carboxylic acids is 1. The van der Waals surface area contributed by atoms with Crippen molar-refractivity contribution in [1.82, 2.24) is 14.8 Å². The summed E-state index contributed by atoms with van der Waals surface area (Å²) in [4.78, 5) is 17.0. The van der Waals surface area contributed by atoms with Crippen LogP contribution in [-0.2, 0) is 9.53 Å². The number of thioether (sulfide) groups is 1. The number of nitrogens with one attached hydrogen (secondary N) is 1. The van der Waals surface area contributed by atoms with Gasteiger partial charge in [-0.1, -0.05) is 35.5 Å². The second-order valence-corrected chi connectivity index (χ2v) is 6.42. The molecule has 1 aliphatic heterocycles. The van der Waals surface area contributed by atoms with Gasteiger partial charge in [0.2, 0.25) is 11.1 Å². The van der Waals surface area contributed by atoms with Crippen molar-refractivity contribution in [2.24, 2.45) is 0 Å². The number of rotatable bonds is 4. The van der Waals surface area contributed by atoms with Crippen molar-refractivity contribution in [1.29, 1.82) is 0 Å². The van der Waals surface area contributed by atoms with Gasteiger partial charge in [0.25, 0.3) is 0 Å². The fraction of sp³-hybridized carbons (Fsp3) is 0.312. The van der Waals surface area contributed by atoms with Crippen LogP contribution < -0.4 is 5.32 Å². The zero-order valence-electron chi connectivity index (χ0n) is 13.5. The lowest BCUT2D eigenvalue weighted by Crippen LogP contribution is -2.29. The molecule has 3 rings (SSSR count). The molecule has 0 radical (unpaired) electrons. The number of aromatic nitrogens is 3. The zero-order chi connectivity index (χ0) is 17.3. The van der Waals surface area contributed by atoms with Gasteiger partial charge >= 0.3 is 5.97 Å². The van der Waals surface area contributed by atoms with Gasteiger partial charge in [-0.25, -0.2) is 9.48 Å². The Bertz CT molecular complexity index is 818. The van der Waals surface area contributed by atoms with Crippen molar-refractivity contribution in [2.75, 3.05) is 18.2 Å². The lowest BCUT2D eigenvalue weighted by Gasteiger charge is -2.28. The predicted octanol–water partition coefficient (Wildman–Crippen LogP) is 3.51. The molecule has 6 nitrogen and oxygen atoms in total. The first-order valence-corrected chi connectivity index (χ1v) is 9.06. The minimum Gasteiger partial charge on any atom is -0.463 e. The summed E-state index contributed by atoms with van der Waals surface area (Å²) >= 11 is 7.59. The molecule has 1 aromatic heterocycles. The molecule has 1 aromatic carbocycles. The number of carbonyl (C=O) groups is 1. The van der Waals surface area contributed by atoms with Crippen molar-refractivity contribution in [2.45, 2.75) is 25.0 Å². The van der Waals surface area contributed by atoms with E-state index in [0.717, 1.165) is 5.56 Å². The molecule has 0 aliphatic carbocycles. The Labute approximate surface area is 149 Å². The van der Waals surface area contributed by atoms with E-state index in [-0.39, 0.29) is 5.97 Å². The van der Waals surface area contributed by atoms with Crippen molar-refractivity contribution < 1.29 is 9.53 Å². The minimum atomic E-state index is -0.438. The van der Waals surface area contributed by atoms with Crippen LogP contribution in [0.25, 0.3) is 0 Å². The monoisotopic (exact) mass is 364 g/mol. The van der Waals surface area contributed by atoms with Crippen molar-refractivity contribution in [3.63, 3.8) is 0 Å². The predicted molar refractivity (Wildman–Crippen MR) is 94.3 cm³/mol. The average Bonchev–Trinajstić information content (AvgIpc) is 2.96. The number of allylic oxidation sites excluding steroid dienone is 1. The summed E-state index contributed by atoms with van der Waals surface area (Å²) in [6.07, 6.45) is 1.91. The van der Waals surface area contributed by atoms with Gasteiger partial charge in [-0.15, -0.1) is 5.10 Å². The molecule has 0 fully saturated rings. The Kier molecular flexibility index (Phi) is 4.82. The Hall–Kier alpha value is -1.99. The number of anilines is 1. The number of benzene rings is 1. The van der Waals surface area contributed by atoms with Crippen LogP contribution >= 0.6 is 23.4 Å². The van der Waals surface area contributed by atoms with Gasteiger partial charge < -0.3 is 10.1 Å². The molecular weight excluding hydrogens is 348 g/mol. The average molecular weight is 365 g/mol. The number of hydrogen-bond acceptors (Lipinski definition) is 6. The number of nitrogens with zero attached hydrogens (tertiary/aromatic N) is 3. The highest BCUT2D eigenvalue weighted by atomic mass is 35.5. The fourth-order valence-corrected chi connectivity index (χ4v) is 3.22. The third-order valence-electron chi connectivity index (χ3n) is 3.68. The first kappa shape index (κ1) is 16.9. The zero-order valence-corrected chi connectivity index (χ0v) is 15.1. The van der Waals surface area contributed by atoms with Crippen LogP contribution in [0, 0.1) is 0 Å². The summed E-state index contributed by atoms with van der Waals surface area (Å²) in [5.41, 5.74) is 2.06. The van der Waals surface area contributed by atoms with Crippen LogP contribution in [-0.4, -0.2) is 33.6 Å². The number of halogens is 1. The van der Waals surface area contributed by atoms with E-state index < -0.39 is 6.04 Å². The summed E-state index contributed by atoms with van der Waals surface area (Å²) in [5, 5.41) is 8.87. The molecule has 2 aromatic rings.